The molecule has 0 aliphatic carbocycles. The molecule has 8 nitrogen and oxygen atoms in total. The third kappa shape index (κ3) is 4.85. The lowest BCUT2D eigenvalue weighted by Crippen LogP contribution is -2.36. The Labute approximate surface area is 162 Å². The lowest BCUT2D eigenvalue weighted by Gasteiger charge is -2.14. The summed E-state index contributed by atoms with van der Waals surface area (Å²) in [5, 5.41) is 2.71. The fourth-order valence-electron chi connectivity index (χ4n) is 2.54. The number of rotatable bonds is 8. The van der Waals surface area contributed by atoms with Gasteiger partial charge < -0.3 is 29.0 Å². The van der Waals surface area contributed by atoms with Crippen molar-refractivity contribution in [3.05, 3.63) is 48.0 Å². The lowest BCUT2D eigenvalue weighted by atomic mass is 10.2. The summed E-state index contributed by atoms with van der Waals surface area (Å²) < 4.78 is 26.2. The molecule has 3 rings (SSSR count). The Bertz CT molecular complexity index is 852. The van der Waals surface area contributed by atoms with Crippen LogP contribution in [0, 0.1) is 0 Å². The van der Waals surface area contributed by atoms with E-state index in [0.29, 0.717) is 23.0 Å². The third-order valence-electron chi connectivity index (χ3n) is 4.00. The highest BCUT2D eigenvalue weighted by molar-refractivity contribution is 5.83. The van der Waals surface area contributed by atoms with Crippen molar-refractivity contribution in [1.29, 1.82) is 0 Å². The number of esters is 1. The predicted octanol–water partition coefficient (Wildman–Crippen LogP) is 2.05. The molecule has 28 heavy (non-hydrogen) atoms. The van der Waals surface area contributed by atoms with Crippen molar-refractivity contribution in [2.24, 2.45) is 0 Å². The van der Waals surface area contributed by atoms with Crippen LogP contribution in [-0.4, -0.2) is 38.5 Å². The predicted molar refractivity (Wildman–Crippen MR) is 98.5 cm³/mol. The number of amides is 1. The van der Waals surface area contributed by atoms with E-state index in [1.165, 1.54) is 14.0 Å². The number of hydrogen-bond acceptors (Lipinski definition) is 7. The lowest BCUT2D eigenvalue weighted by molar-refractivity contribution is -0.156. The van der Waals surface area contributed by atoms with Crippen LogP contribution in [-0.2, 0) is 20.9 Å². The van der Waals surface area contributed by atoms with Crippen LogP contribution in [0.5, 0.6) is 23.0 Å². The molecule has 0 fully saturated rings. The number of fused-ring (bicyclic) bond motifs is 1. The molecule has 1 heterocycles. The van der Waals surface area contributed by atoms with E-state index in [0.717, 1.165) is 5.56 Å². The molecule has 0 bridgehead atoms. The molecule has 1 N–H and O–H groups in total. The van der Waals surface area contributed by atoms with Gasteiger partial charge in [0.1, 0.15) is 0 Å². The minimum absolute atomic E-state index is 0.190. The smallest absolute Gasteiger partial charge is 0.344 e. The molecule has 0 saturated carbocycles. The minimum atomic E-state index is -0.956. The van der Waals surface area contributed by atoms with Crippen LogP contribution in [0.25, 0.3) is 0 Å². The molecule has 8 heteroatoms. The molecular weight excluding hydrogens is 366 g/mol. The fraction of sp³-hybridized carbons (Fsp3) is 0.300. The molecule has 1 aliphatic rings. The van der Waals surface area contributed by atoms with Gasteiger partial charge in [-0.2, -0.15) is 0 Å². The highest BCUT2D eigenvalue weighted by atomic mass is 16.7. The maximum Gasteiger partial charge on any atom is 0.344 e. The van der Waals surface area contributed by atoms with Crippen LogP contribution in [0.3, 0.4) is 0 Å². The van der Waals surface area contributed by atoms with Gasteiger partial charge in [0.25, 0.3) is 5.91 Å². The normalized spacial score (nSPS) is 12.8. The molecule has 1 amide bonds. The van der Waals surface area contributed by atoms with Crippen molar-refractivity contribution in [1.82, 2.24) is 5.32 Å². The van der Waals surface area contributed by atoms with Gasteiger partial charge in [-0.15, -0.1) is 0 Å². The van der Waals surface area contributed by atoms with E-state index in [4.69, 9.17) is 23.7 Å². The summed E-state index contributed by atoms with van der Waals surface area (Å²) in [5.41, 5.74) is 0.843. The van der Waals surface area contributed by atoms with Gasteiger partial charge in [-0.1, -0.05) is 18.2 Å². The van der Waals surface area contributed by atoms with Gasteiger partial charge in [0.05, 0.1) is 7.11 Å². The first-order valence-corrected chi connectivity index (χ1v) is 8.68. The molecule has 0 spiro atoms. The fourth-order valence-corrected chi connectivity index (χ4v) is 2.54. The second kappa shape index (κ2) is 8.98. The number of carbonyl (C=O) groups is 2. The maximum absolute atomic E-state index is 12.2. The summed E-state index contributed by atoms with van der Waals surface area (Å²) in [4.78, 5) is 24.1. The van der Waals surface area contributed by atoms with Gasteiger partial charge in [0, 0.05) is 6.54 Å². The molecule has 1 atom stereocenters. The summed E-state index contributed by atoms with van der Waals surface area (Å²) >= 11 is 0. The number of benzene rings is 2. The second-order valence-electron chi connectivity index (χ2n) is 5.98. The summed E-state index contributed by atoms with van der Waals surface area (Å²) in [5.74, 6) is 1.17. The number of carbonyl (C=O) groups excluding carboxylic acids is 2. The zero-order valence-electron chi connectivity index (χ0n) is 15.6. The number of nitrogens with one attached hydrogen (secondary N) is 1. The number of hydrogen-bond donors (Lipinski definition) is 1. The van der Waals surface area contributed by atoms with Crippen LogP contribution in [0.15, 0.2) is 42.5 Å². The van der Waals surface area contributed by atoms with Crippen molar-refractivity contribution in [3.8, 4) is 23.0 Å². The Morgan fingerprint density at radius 2 is 1.86 bits per heavy atom. The molecule has 1 aliphatic heterocycles. The Morgan fingerprint density at radius 3 is 2.64 bits per heavy atom. The van der Waals surface area contributed by atoms with E-state index < -0.39 is 18.0 Å². The SMILES string of the molecule is COc1ccccc1OCC(=O)O[C@@H](C)C(=O)NCc1ccc2c(c1)OCO2. The van der Waals surface area contributed by atoms with Gasteiger partial charge in [0.15, 0.2) is 35.7 Å². The van der Waals surface area contributed by atoms with Crippen LogP contribution in [0.1, 0.15) is 12.5 Å². The summed E-state index contributed by atoms with van der Waals surface area (Å²) in [6, 6.07) is 12.3. The van der Waals surface area contributed by atoms with Crippen LogP contribution in [0.2, 0.25) is 0 Å². The molecule has 148 valence electrons. The largest absolute Gasteiger partial charge is 0.493 e. The van der Waals surface area contributed by atoms with Crippen LogP contribution >= 0.6 is 0 Å². The topological polar surface area (TPSA) is 92.3 Å². The van der Waals surface area contributed by atoms with Crippen molar-refractivity contribution in [2.75, 3.05) is 20.5 Å². The van der Waals surface area contributed by atoms with Crippen molar-refractivity contribution < 1.29 is 33.3 Å². The molecule has 0 unspecified atom stereocenters. The van der Waals surface area contributed by atoms with E-state index in [1.807, 2.05) is 6.07 Å². The van der Waals surface area contributed by atoms with E-state index in [1.54, 1.807) is 36.4 Å². The van der Waals surface area contributed by atoms with E-state index in [2.05, 4.69) is 5.32 Å². The van der Waals surface area contributed by atoms with Crippen LogP contribution < -0.4 is 24.3 Å². The molecule has 0 saturated heterocycles. The number of methoxy groups -OCH3 is 1. The summed E-state index contributed by atoms with van der Waals surface area (Å²) in [6.45, 7) is 1.63. The average molecular weight is 387 g/mol. The van der Waals surface area contributed by atoms with E-state index in [-0.39, 0.29) is 19.9 Å². The Kier molecular flexibility index (Phi) is 6.21. The van der Waals surface area contributed by atoms with Gasteiger partial charge >= 0.3 is 5.97 Å². The van der Waals surface area contributed by atoms with Crippen molar-refractivity contribution >= 4 is 11.9 Å². The number of para-hydroxylation sites is 2. The zero-order chi connectivity index (χ0) is 19.9. The summed E-state index contributed by atoms with van der Waals surface area (Å²) in [6.07, 6.45) is -0.956. The standard InChI is InChI=1S/C20H21NO7/c1-13(28-19(22)11-25-16-6-4-3-5-15(16)24-2)20(23)21-10-14-7-8-17-18(9-14)27-12-26-17/h3-9,13H,10-12H2,1-2H3,(H,21,23)/t13-/m0/s1. The first kappa shape index (κ1) is 19.3. The molecule has 2 aromatic carbocycles. The van der Waals surface area contributed by atoms with Gasteiger partial charge in [-0.05, 0) is 36.8 Å². The third-order valence-corrected chi connectivity index (χ3v) is 4.00. The Hall–Kier alpha value is -3.42. The first-order chi connectivity index (χ1) is 13.6. The van der Waals surface area contributed by atoms with Gasteiger partial charge in [-0.25, -0.2) is 4.79 Å². The zero-order valence-corrected chi connectivity index (χ0v) is 15.6. The monoisotopic (exact) mass is 387 g/mol. The highest BCUT2D eigenvalue weighted by Crippen LogP contribution is 2.32. The number of ether oxygens (including phenoxy) is 5. The molecule has 2 aromatic rings. The quantitative estimate of drug-likeness (QED) is 0.693. The van der Waals surface area contributed by atoms with E-state index in [9.17, 15) is 9.59 Å². The average Bonchev–Trinajstić information content (AvgIpc) is 3.18. The molecule has 0 radical (unpaired) electrons. The Morgan fingerprint density at radius 1 is 1.11 bits per heavy atom. The van der Waals surface area contributed by atoms with Gasteiger partial charge in [0.2, 0.25) is 6.79 Å². The van der Waals surface area contributed by atoms with E-state index >= 15 is 0 Å². The van der Waals surface area contributed by atoms with Crippen molar-refractivity contribution in [2.45, 2.75) is 19.6 Å². The first-order valence-electron chi connectivity index (χ1n) is 8.68. The second-order valence-corrected chi connectivity index (χ2v) is 5.98. The maximum atomic E-state index is 12.2. The van der Waals surface area contributed by atoms with Crippen LogP contribution in [0.4, 0.5) is 0 Å². The molecule has 0 aromatic heterocycles. The van der Waals surface area contributed by atoms with Crippen molar-refractivity contribution in [3.63, 3.8) is 0 Å². The Balaban J connectivity index is 1.44. The summed E-state index contributed by atoms with van der Waals surface area (Å²) in [7, 11) is 1.51. The molecular formula is C20H21NO7. The highest BCUT2D eigenvalue weighted by Gasteiger charge is 2.19. The minimum Gasteiger partial charge on any atom is -0.493 e. The van der Waals surface area contributed by atoms with Gasteiger partial charge in [-0.3, -0.25) is 4.79 Å².